The van der Waals surface area contributed by atoms with Gasteiger partial charge in [-0.2, -0.15) is 0 Å². The van der Waals surface area contributed by atoms with Gasteiger partial charge in [0.15, 0.2) is 22.2 Å². The number of nitrogens with one attached hydrogen (secondary N) is 1. The summed E-state index contributed by atoms with van der Waals surface area (Å²) in [6, 6.07) is 12.0. The number of amides is 1. The summed E-state index contributed by atoms with van der Waals surface area (Å²) in [6.45, 7) is -0.478. The zero-order chi connectivity index (χ0) is 17.7. The molecule has 2 rings (SSSR count). The number of sulfone groups is 1. The lowest BCUT2D eigenvalue weighted by Gasteiger charge is -2.08. The quantitative estimate of drug-likeness (QED) is 0.820. The van der Waals surface area contributed by atoms with Crippen molar-refractivity contribution in [2.45, 2.75) is 4.90 Å². The van der Waals surface area contributed by atoms with Gasteiger partial charge in [0.2, 0.25) is 0 Å². The van der Waals surface area contributed by atoms with Gasteiger partial charge in [-0.15, -0.1) is 0 Å². The van der Waals surface area contributed by atoms with Gasteiger partial charge >= 0.3 is 6.09 Å². The van der Waals surface area contributed by atoms with Gasteiger partial charge < -0.3 is 4.74 Å². The van der Waals surface area contributed by atoms with Crippen LogP contribution in [0, 0.1) is 0 Å². The molecule has 0 heterocycles. The Bertz CT molecular complexity index is 862. The van der Waals surface area contributed by atoms with E-state index in [1.807, 2.05) is 0 Å². The van der Waals surface area contributed by atoms with Crippen molar-refractivity contribution in [2.75, 3.05) is 18.2 Å². The second kappa shape index (κ2) is 7.46. The smallest absolute Gasteiger partial charge is 0.412 e. The first kappa shape index (κ1) is 18.0. The Balaban J connectivity index is 1.93. The molecule has 0 unspecified atom stereocenters. The molecule has 0 atom stereocenters. The van der Waals surface area contributed by atoms with Gasteiger partial charge in [0, 0.05) is 11.8 Å². The van der Waals surface area contributed by atoms with Crippen LogP contribution in [0.3, 0.4) is 0 Å². The van der Waals surface area contributed by atoms with Gasteiger partial charge in [-0.1, -0.05) is 23.7 Å². The number of carbonyl (C=O) groups is 2. The zero-order valence-corrected chi connectivity index (χ0v) is 14.2. The molecule has 0 spiro atoms. The summed E-state index contributed by atoms with van der Waals surface area (Å²) in [4.78, 5) is 23.7. The summed E-state index contributed by atoms with van der Waals surface area (Å²) in [5, 5.41) is 2.77. The van der Waals surface area contributed by atoms with Crippen LogP contribution in [0.4, 0.5) is 10.5 Å². The van der Waals surface area contributed by atoms with Crippen LogP contribution in [0.2, 0.25) is 5.02 Å². The SMILES string of the molecule is CS(=O)(=O)c1ccc(C(=O)COC(=O)Nc2ccccc2Cl)cc1. The molecule has 0 fully saturated rings. The molecule has 8 heteroatoms. The van der Waals surface area contributed by atoms with Crippen molar-refractivity contribution in [1.82, 2.24) is 0 Å². The highest BCUT2D eigenvalue weighted by Crippen LogP contribution is 2.20. The number of benzene rings is 2. The molecule has 1 amide bonds. The fraction of sp³-hybridized carbons (Fsp3) is 0.125. The summed E-state index contributed by atoms with van der Waals surface area (Å²) >= 11 is 5.89. The molecule has 1 N–H and O–H groups in total. The van der Waals surface area contributed by atoms with Crippen LogP contribution < -0.4 is 5.32 Å². The minimum absolute atomic E-state index is 0.108. The Labute approximate surface area is 144 Å². The van der Waals surface area contributed by atoms with Crippen molar-refractivity contribution >= 4 is 39.0 Å². The Morgan fingerprint density at radius 1 is 1.08 bits per heavy atom. The van der Waals surface area contributed by atoms with E-state index in [1.165, 1.54) is 24.3 Å². The van der Waals surface area contributed by atoms with Crippen LogP contribution in [-0.4, -0.2) is 33.2 Å². The van der Waals surface area contributed by atoms with Crippen molar-refractivity contribution in [3.63, 3.8) is 0 Å². The van der Waals surface area contributed by atoms with E-state index >= 15 is 0 Å². The van der Waals surface area contributed by atoms with E-state index in [-0.39, 0.29) is 10.5 Å². The van der Waals surface area contributed by atoms with E-state index in [2.05, 4.69) is 5.32 Å². The van der Waals surface area contributed by atoms with E-state index in [1.54, 1.807) is 24.3 Å². The molecule has 0 saturated carbocycles. The second-order valence-corrected chi connectivity index (χ2v) is 7.32. The summed E-state index contributed by atoms with van der Waals surface area (Å²) in [5.41, 5.74) is 0.613. The maximum absolute atomic E-state index is 11.9. The average Bonchev–Trinajstić information content (AvgIpc) is 2.54. The van der Waals surface area contributed by atoms with Crippen molar-refractivity contribution in [1.29, 1.82) is 0 Å². The fourth-order valence-electron chi connectivity index (χ4n) is 1.81. The molecule has 0 aliphatic rings. The van der Waals surface area contributed by atoms with Crippen LogP contribution in [0.1, 0.15) is 10.4 Å². The highest BCUT2D eigenvalue weighted by Gasteiger charge is 2.13. The highest BCUT2D eigenvalue weighted by molar-refractivity contribution is 7.90. The first-order chi connectivity index (χ1) is 11.3. The van der Waals surface area contributed by atoms with Crippen LogP contribution in [-0.2, 0) is 14.6 Å². The number of hydrogen-bond donors (Lipinski definition) is 1. The third-order valence-corrected chi connectivity index (χ3v) is 4.51. The Hall–Kier alpha value is -2.38. The monoisotopic (exact) mass is 367 g/mol. The molecule has 24 heavy (non-hydrogen) atoms. The van der Waals surface area contributed by atoms with E-state index in [0.717, 1.165) is 6.26 Å². The molecule has 2 aromatic carbocycles. The molecule has 126 valence electrons. The number of rotatable bonds is 5. The van der Waals surface area contributed by atoms with Crippen LogP contribution in [0.15, 0.2) is 53.4 Å². The first-order valence-corrected chi connectivity index (χ1v) is 9.06. The van der Waals surface area contributed by atoms with Crippen molar-refractivity contribution in [2.24, 2.45) is 0 Å². The van der Waals surface area contributed by atoms with Crippen molar-refractivity contribution < 1.29 is 22.7 Å². The molecule has 0 aromatic heterocycles. The number of ether oxygens (including phenoxy) is 1. The molecule has 2 aromatic rings. The number of halogens is 1. The number of ketones is 1. The average molecular weight is 368 g/mol. The standard InChI is InChI=1S/C16H14ClNO5S/c1-24(21,22)12-8-6-11(7-9-12)15(19)10-23-16(20)18-14-5-3-2-4-13(14)17/h2-9H,10H2,1H3,(H,18,20). The van der Waals surface area contributed by atoms with Crippen LogP contribution in [0.25, 0.3) is 0 Å². The lowest BCUT2D eigenvalue weighted by Crippen LogP contribution is -2.19. The molecule has 0 radical (unpaired) electrons. The van der Waals surface area contributed by atoms with E-state index in [0.29, 0.717) is 10.7 Å². The Kier molecular flexibility index (Phi) is 5.58. The van der Waals surface area contributed by atoms with E-state index in [9.17, 15) is 18.0 Å². The summed E-state index contributed by atoms with van der Waals surface area (Å²) in [7, 11) is -3.33. The van der Waals surface area contributed by atoms with Gasteiger partial charge in [-0.25, -0.2) is 13.2 Å². The molecular formula is C16H14ClNO5S. The predicted octanol–water partition coefficient (Wildman–Crippen LogP) is 3.17. The number of carbonyl (C=O) groups excluding carboxylic acids is 2. The van der Waals surface area contributed by atoms with Crippen LogP contribution in [0.5, 0.6) is 0 Å². The third-order valence-electron chi connectivity index (χ3n) is 3.05. The third kappa shape index (κ3) is 4.81. The van der Waals surface area contributed by atoms with Gasteiger partial charge in [-0.05, 0) is 36.4 Å². The minimum Gasteiger partial charge on any atom is -0.441 e. The minimum atomic E-state index is -3.33. The van der Waals surface area contributed by atoms with Crippen molar-refractivity contribution in [3.05, 3.63) is 59.1 Å². The largest absolute Gasteiger partial charge is 0.441 e. The number of Topliss-reactive ketones (excluding diaryl/α,β-unsaturated/α-hetero) is 1. The van der Waals surface area contributed by atoms with Gasteiger partial charge in [0.05, 0.1) is 15.6 Å². The molecule has 0 aliphatic carbocycles. The highest BCUT2D eigenvalue weighted by atomic mass is 35.5. The molecule has 0 saturated heterocycles. The number of hydrogen-bond acceptors (Lipinski definition) is 5. The molecule has 6 nitrogen and oxygen atoms in total. The fourth-order valence-corrected chi connectivity index (χ4v) is 2.62. The molecule has 0 bridgehead atoms. The number of anilines is 1. The van der Waals surface area contributed by atoms with Gasteiger partial charge in [0.25, 0.3) is 0 Å². The first-order valence-electron chi connectivity index (χ1n) is 6.79. The summed E-state index contributed by atoms with van der Waals surface area (Å²) in [5.74, 6) is -0.454. The van der Waals surface area contributed by atoms with E-state index < -0.39 is 28.3 Å². The second-order valence-electron chi connectivity index (χ2n) is 4.90. The molecule has 0 aliphatic heterocycles. The Morgan fingerprint density at radius 3 is 2.29 bits per heavy atom. The maximum atomic E-state index is 11.9. The van der Waals surface area contributed by atoms with E-state index in [4.69, 9.17) is 16.3 Å². The van der Waals surface area contributed by atoms with Gasteiger partial charge in [-0.3, -0.25) is 10.1 Å². The molecular weight excluding hydrogens is 354 g/mol. The summed E-state index contributed by atoms with van der Waals surface area (Å²) < 4.78 is 27.6. The van der Waals surface area contributed by atoms with Crippen LogP contribution >= 0.6 is 11.6 Å². The van der Waals surface area contributed by atoms with Gasteiger partial charge in [0.1, 0.15) is 0 Å². The summed E-state index contributed by atoms with van der Waals surface area (Å²) in [6.07, 6.45) is 0.260. The lowest BCUT2D eigenvalue weighted by atomic mass is 10.1. The predicted molar refractivity (Wildman–Crippen MR) is 90.3 cm³/mol. The normalized spacial score (nSPS) is 10.9. The lowest BCUT2D eigenvalue weighted by molar-refractivity contribution is 0.0863. The zero-order valence-electron chi connectivity index (χ0n) is 12.7. The number of para-hydroxylation sites is 1. The Morgan fingerprint density at radius 2 is 1.71 bits per heavy atom. The maximum Gasteiger partial charge on any atom is 0.412 e. The topological polar surface area (TPSA) is 89.5 Å². The van der Waals surface area contributed by atoms with Crippen molar-refractivity contribution in [3.8, 4) is 0 Å².